The number of carboxylic acids is 1. The zero-order chi connectivity index (χ0) is 13.1. The van der Waals surface area contributed by atoms with Gasteiger partial charge in [-0.15, -0.1) is 0 Å². The molecule has 0 aliphatic carbocycles. The third kappa shape index (κ3) is 2.56. The van der Waals surface area contributed by atoms with Crippen LogP contribution in [0.4, 0.5) is 0 Å². The van der Waals surface area contributed by atoms with Crippen LogP contribution in [-0.4, -0.2) is 40.0 Å². The van der Waals surface area contributed by atoms with Crippen molar-refractivity contribution in [3.8, 4) is 0 Å². The van der Waals surface area contributed by atoms with Gasteiger partial charge in [-0.3, -0.25) is 9.78 Å². The molecular formula is C13H14N2O3. The number of amides is 1. The number of nitrogens with zero attached hydrogens (tertiary/aromatic N) is 2. The first-order valence-corrected chi connectivity index (χ1v) is 5.73. The monoisotopic (exact) mass is 246 g/mol. The van der Waals surface area contributed by atoms with Crippen LogP contribution in [0.5, 0.6) is 0 Å². The van der Waals surface area contributed by atoms with Gasteiger partial charge in [-0.25, -0.2) is 4.79 Å². The van der Waals surface area contributed by atoms with Crippen molar-refractivity contribution in [2.75, 3.05) is 13.1 Å². The lowest BCUT2D eigenvalue weighted by molar-refractivity contribution is 0.0696. The fourth-order valence-electron chi connectivity index (χ4n) is 1.87. The lowest BCUT2D eigenvalue weighted by Crippen LogP contribution is -2.36. The van der Waals surface area contributed by atoms with E-state index in [0.717, 1.165) is 18.4 Å². The molecule has 1 fully saturated rings. The van der Waals surface area contributed by atoms with Gasteiger partial charge in [0.15, 0.2) is 0 Å². The summed E-state index contributed by atoms with van der Waals surface area (Å²) in [6.45, 7) is 5.13. The Bertz CT molecular complexity index is 501. The van der Waals surface area contributed by atoms with Gasteiger partial charge in [-0.1, -0.05) is 12.2 Å². The number of carbonyl (C=O) groups excluding carboxylic acids is 1. The number of piperidine rings is 1. The van der Waals surface area contributed by atoms with Crippen LogP contribution in [-0.2, 0) is 0 Å². The fourth-order valence-corrected chi connectivity index (χ4v) is 1.87. The van der Waals surface area contributed by atoms with Crippen molar-refractivity contribution in [3.63, 3.8) is 0 Å². The molecule has 2 rings (SSSR count). The highest BCUT2D eigenvalue weighted by Crippen LogP contribution is 2.16. The number of aromatic carboxylic acids is 1. The quantitative estimate of drug-likeness (QED) is 0.804. The number of rotatable bonds is 2. The second kappa shape index (κ2) is 5.00. The van der Waals surface area contributed by atoms with Crippen LogP contribution in [0.2, 0.25) is 0 Å². The van der Waals surface area contributed by atoms with E-state index in [9.17, 15) is 9.59 Å². The van der Waals surface area contributed by atoms with E-state index >= 15 is 0 Å². The van der Waals surface area contributed by atoms with Gasteiger partial charge in [0.25, 0.3) is 5.91 Å². The van der Waals surface area contributed by atoms with Crippen LogP contribution >= 0.6 is 0 Å². The molecule has 1 aromatic heterocycles. The smallest absolute Gasteiger partial charge is 0.335 e. The van der Waals surface area contributed by atoms with E-state index in [1.165, 1.54) is 18.3 Å². The molecule has 0 bridgehead atoms. The SMILES string of the molecule is C=C1CCN(C(=O)c2cc(C(=O)O)ccn2)CC1. The Morgan fingerprint density at radius 2 is 2.00 bits per heavy atom. The lowest BCUT2D eigenvalue weighted by Gasteiger charge is -2.27. The van der Waals surface area contributed by atoms with Gasteiger partial charge in [0.05, 0.1) is 5.56 Å². The molecule has 0 unspecified atom stereocenters. The number of carboxylic acid groups (broad SMARTS) is 1. The molecule has 0 saturated carbocycles. The molecule has 1 saturated heterocycles. The summed E-state index contributed by atoms with van der Waals surface area (Å²) in [6, 6.07) is 2.69. The third-order valence-corrected chi connectivity index (χ3v) is 2.98. The first-order valence-electron chi connectivity index (χ1n) is 5.73. The summed E-state index contributed by atoms with van der Waals surface area (Å²) in [4.78, 5) is 28.6. The summed E-state index contributed by atoms with van der Waals surface area (Å²) >= 11 is 0. The maximum absolute atomic E-state index is 12.1. The number of hydrogen-bond donors (Lipinski definition) is 1. The minimum Gasteiger partial charge on any atom is -0.478 e. The fraction of sp³-hybridized carbons (Fsp3) is 0.308. The van der Waals surface area contributed by atoms with Crippen LogP contribution in [0.25, 0.3) is 0 Å². The highest BCUT2D eigenvalue weighted by atomic mass is 16.4. The van der Waals surface area contributed by atoms with E-state index in [1.54, 1.807) is 4.90 Å². The minimum absolute atomic E-state index is 0.0785. The Morgan fingerprint density at radius 1 is 1.33 bits per heavy atom. The summed E-state index contributed by atoms with van der Waals surface area (Å²) < 4.78 is 0. The summed E-state index contributed by atoms with van der Waals surface area (Å²) in [6.07, 6.45) is 2.94. The van der Waals surface area contributed by atoms with E-state index in [2.05, 4.69) is 11.6 Å². The topological polar surface area (TPSA) is 70.5 Å². The summed E-state index contributed by atoms with van der Waals surface area (Å²) in [5, 5.41) is 8.87. The maximum Gasteiger partial charge on any atom is 0.335 e. The largest absolute Gasteiger partial charge is 0.478 e. The van der Waals surface area contributed by atoms with Crippen molar-refractivity contribution in [1.29, 1.82) is 0 Å². The van der Waals surface area contributed by atoms with Gasteiger partial charge in [0, 0.05) is 19.3 Å². The highest BCUT2D eigenvalue weighted by Gasteiger charge is 2.21. The van der Waals surface area contributed by atoms with Gasteiger partial charge < -0.3 is 10.0 Å². The average Bonchev–Trinajstić information content (AvgIpc) is 2.39. The van der Waals surface area contributed by atoms with E-state index < -0.39 is 5.97 Å². The van der Waals surface area contributed by atoms with Crippen LogP contribution < -0.4 is 0 Å². The molecule has 1 aliphatic rings. The zero-order valence-corrected chi connectivity index (χ0v) is 9.93. The second-order valence-corrected chi connectivity index (χ2v) is 4.28. The van der Waals surface area contributed by atoms with Crippen LogP contribution in [0, 0.1) is 0 Å². The lowest BCUT2D eigenvalue weighted by atomic mass is 10.1. The highest BCUT2D eigenvalue weighted by molar-refractivity contribution is 5.95. The summed E-state index contributed by atoms with van der Waals surface area (Å²) in [7, 11) is 0. The van der Waals surface area contributed by atoms with Gasteiger partial charge >= 0.3 is 5.97 Å². The van der Waals surface area contributed by atoms with Crippen molar-refractivity contribution >= 4 is 11.9 Å². The first kappa shape index (κ1) is 12.3. The van der Waals surface area contributed by atoms with Gasteiger partial charge in [0.2, 0.25) is 0 Å². The minimum atomic E-state index is -1.06. The van der Waals surface area contributed by atoms with Gasteiger partial charge in [-0.05, 0) is 25.0 Å². The van der Waals surface area contributed by atoms with Crippen molar-refractivity contribution in [3.05, 3.63) is 41.7 Å². The molecule has 0 spiro atoms. The molecule has 0 atom stereocenters. The van der Waals surface area contributed by atoms with E-state index in [0.29, 0.717) is 13.1 Å². The van der Waals surface area contributed by atoms with Crippen molar-refractivity contribution < 1.29 is 14.7 Å². The van der Waals surface area contributed by atoms with E-state index in [-0.39, 0.29) is 17.2 Å². The third-order valence-electron chi connectivity index (χ3n) is 2.98. The number of likely N-dealkylation sites (tertiary alicyclic amines) is 1. The Balaban J connectivity index is 2.16. The van der Waals surface area contributed by atoms with Crippen LogP contribution in [0.15, 0.2) is 30.5 Å². The predicted octanol–water partition coefficient (Wildman–Crippen LogP) is 1.57. The number of pyridine rings is 1. The molecule has 1 aliphatic heterocycles. The molecule has 1 amide bonds. The first-order chi connectivity index (χ1) is 8.58. The Hall–Kier alpha value is -2.17. The van der Waals surface area contributed by atoms with Crippen molar-refractivity contribution in [2.45, 2.75) is 12.8 Å². The maximum atomic E-state index is 12.1. The summed E-state index contributed by atoms with van der Waals surface area (Å²) in [5.41, 5.74) is 1.41. The Labute approximate surface area is 105 Å². The van der Waals surface area contributed by atoms with Gasteiger partial charge in [-0.2, -0.15) is 0 Å². The molecule has 18 heavy (non-hydrogen) atoms. The molecule has 0 radical (unpaired) electrons. The number of hydrogen-bond acceptors (Lipinski definition) is 3. The van der Waals surface area contributed by atoms with Crippen molar-refractivity contribution in [1.82, 2.24) is 9.88 Å². The molecule has 94 valence electrons. The van der Waals surface area contributed by atoms with Crippen molar-refractivity contribution in [2.24, 2.45) is 0 Å². The predicted molar refractivity (Wildman–Crippen MR) is 65.5 cm³/mol. The molecule has 1 N–H and O–H groups in total. The number of aromatic nitrogens is 1. The average molecular weight is 246 g/mol. The summed E-state index contributed by atoms with van der Waals surface area (Å²) in [5.74, 6) is -1.27. The molecular weight excluding hydrogens is 232 g/mol. The van der Waals surface area contributed by atoms with Crippen LogP contribution in [0.3, 0.4) is 0 Å². The number of carbonyl (C=O) groups is 2. The van der Waals surface area contributed by atoms with Crippen LogP contribution in [0.1, 0.15) is 33.7 Å². The molecule has 5 heteroatoms. The molecule has 5 nitrogen and oxygen atoms in total. The standard InChI is InChI=1S/C13H14N2O3/c1-9-3-6-15(7-4-9)12(16)11-8-10(13(17)18)2-5-14-11/h2,5,8H,1,3-4,6-7H2,(H,17,18). The van der Waals surface area contributed by atoms with E-state index in [4.69, 9.17) is 5.11 Å². The molecule has 1 aromatic rings. The Morgan fingerprint density at radius 3 is 2.61 bits per heavy atom. The molecule has 2 heterocycles. The second-order valence-electron chi connectivity index (χ2n) is 4.28. The van der Waals surface area contributed by atoms with E-state index in [1.807, 2.05) is 0 Å². The van der Waals surface area contributed by atoms with Gasteiger partial charge in [0.1, 0.15) is 5.69 Å². The Kier molecular flexibility index (Phi) is 3.41. The molecule has 0 aromatic carbocycles. The zero-order valence-electron chi connectivity index (χ0n) is 9.93. The normalized spacial score (nSPS) is 15.6.